The van der Waals surface area contributed by atoms with Crippen LogP contribution in [0.25, 0.3) is 16.7 Å². The van der Waals surface area contributed by atoms with Gasteiger partial charge in [0.05, 0.1) is 26.0 Å². The van der Waals surface area contributed by atoms with E-state index in [9.17, 15) is 4.79 Å². The van der Waals surface area contributed by atoms with Gasteiger partial charge in [-0.2, -0.15) is 4.98 Å². The van der Waals surface area contributed by atoms with Gasteiger partial charge in [0.25, 0.3) is 5.56 Å². The van der Waals surface area contributed by atoms with Crippen molar-refractivity contribution in [3.05, 3.63) is 45.6 Å². The predicted molar refractivity (Wildman–Crippen MR) is 99.9 cm³/mol. The third-order valence-corrected chi connectivity index (χ3v) is 4.66. The molecule has 1 fully saturated rings. The normalized spacial score (nSPS) is 14.6. The number of methoxy groups -OCH3 is 1. The van der Waals surface area contributed by atoms with E-state index in [1.54, 1.807) is 18.0 Å². The lowest BCUT2D eigenvalue weighted by atomic mass is 10.3. The fourth-order valence-corrected chi connectivity index (χ4v) is 3.23. The van der Waals surface area contributed by atoms with Gasteiger partial charge < -0.3 is 14.4 Å². The third-order valence-electron chi connectivity index (χ3n) is 4.26. The lowest BCUT2D eigenvalue weighted by Crippen LogP contribution is -2.38. The Morgan fingerprint density at radius 3 is 2.88 bits per heavy atom. The molecule has 0 amide bonds. The maximum absolute atomic E-state index is 12.7. The molecule has 0 atom stereocenters. The fraction of sp³-hybridized carbons (Fsp3) is 0.294. The number of morpholine rings is 1. The van der Waals surface area contributed by atoms with Crippen molar-refractivity contribution in [1.82, 2.24) is 19.5 Å². The van der Waals surface area contributed by atoms with Crippen LogP contribution < -0.4 is 15.2 Å². The topological polar surface area (TPSA) is 85.3 Å². The summed E-state index contributed by atoms with van der Waals surface area (Å²) >= 11 is 5.53. The number of hydrogen-bond acceptors (Lipinski definition) is 7. The predicted octanol–water partition coefficient (Wildman–Crippen LogP) is 1.68. The van der Waals surface area contributed by atoms with Crippen LogP contribution in [-0.2, 0) is 4.74 Å². The molecule has 0 unspecified atom stereocenters. The maximum Gasteiger partial charge on any atom is 0.264 e. The van der Waals surface area contributed by atoms with Gasteiger partial charge in [0.2, 0.25) is 5.95 Å². The van der Waals surface area contributed by atoms with Crippen molar-refractivity contribution < 1.29 is 9.47 Å². The number of H-pyrrole nitrogens is 1. The minimum Gasteiger partial charge on any atom is -0.497 e. The molecule has 9 heteroatoms. The second-order valence-corrected chi connectivity index (χ2v) is 6.20. The average molecular weight is 371 g/mol. The van der Waals surface area contributed by atoms with Gasteiger partial charge in [-0.1, -0.05) is 18.3 Å². The Bertz CT molecular complexity index is 1070. The smallest absolute Gasteiger partial charge is 0.264 e. The molecular formula is C17H17N5O3S. The number of ether oxygens (including phenoxy) is 2. The zero-order chi connectivity index (χ0) is 18.1. The zero-order valence-corrected chi connectivity index (χ0v) is 15.0. The number of aromatic nitrogens is 4. The van der Waals surface area contributed by atoms with Crippen molar-refractivity contribution in [3.8, 4) is 11.4 Å². The highest BCUT2D eigenvalue weighted by atomic mass is 32.1. The van der Waals surface area contributed by atoms with Crippen molar-refractivity contribution in [2.24, 2.45) is 0 Å². The van der Waals surface area contributed by atoms with E-state index in [2.05, 4.69) is 15.0 Å². The van der Waals surface area contributed by atoms with Gasteiger partial charge in [-0.15, -0.1) is 0 Å². The van der Waals surface area contributed by atoms with Gasteiger partial charge in [0.1, 0.15) is 22.1 Å². The molecule has 1 saturated heterocycles. The van der Waals surface area contributed by atoms with Crippen molar-refractivity contribution in [1.29, 1.82) is 0 Å². The van der Waals surface area contributed by atoms with Crippen molar-refractivity contribution >= 4 is 29.2 Å². The highest BCUT2D eigenvalue weighted by Crippen LogP contribution is 2.19. The molecule has 0 aliphatic carbocycles. The molecule has 2 aromatic heterocycles. The fourth-order valence-electron chi connectivity index (χ4n) is 2.89. The van der Waals surface area contributed by atoms with Crippen LogP contribution >= 0.6 is 12.2 Å². The highest BCUT2D eigenvalue weighted by Gasteiger charge is 2.16. The lowest BCUT2D eigenvalue weighted by Gasteiger charge is -2.27. The molecule has 0 bridgehead atoms. The van der Waals surface area contributed by atoms with E-state index >= 15 is 0 Å². The van der Waals surface area contributed by atoms with Gasteiger partial charge in [0.15, 0.2) is 5.65 Å². The number of benzene rings is 1. The number of nitrogens with zero attached hydrogens (tertiary/aromatic N) is 4. The summed E-state index contributed by atoms with van der Waals surface area (Å²) in [7, 11) is 1.60. The van der Waals surface area contributed by atoms with Crippen LogP contribution in [0.5, 0.6) is 5.75 Å². The average Bonchev–Trinajstić information content (AvgIpc) is 2.68. The Morgan fingerprint density at radius 2 is 2.12 bits per heavy atom. The second kappa shape index (κ2) is 6.85. The summed E-state index contributed by atoms with van der Waals surface area (Å²) in [5, 5.41) is 0.294. The number of rotatable bonds is 3. The van der Waals surface area contributed by atoms with Crippen LogP contribution in [0, 0.1) is 4.64 Å². The number of fused-ring (bicyclic) bond motifs is 1. The largest absolute Gasteiger partial charge is 0.497 e. The first-order valence-corrected chi connectivity index (χ1v) is 8.57. The minimum atomic E-state index is -0.300. The van der Waals surface area contributed by atoms with Gasteiger partial charge in [-0.05, 0) is 12.1 Å². The van der Waals surface area contributed by atoms with E-state index in [0.717, 1.165) is 5.69 Å². The Kier molecular flexibility index (Phi) is 4.39. The number of anilines is 1. The molecule has 1 aliphatic rings. The molecule has 134 valence electrons. The zero-order valence-electron chi connectivity index (χ0n) is 14.1. The SMILES string of the molecule is COc1cccc(-n2cnc3nc(N4CCOCC4)[nH]c(=O)c3c2=S)c1. The molecular weight excluding hydrogens is 354 g/mol. The molecule has 4 rings (SSSR count). The Balaban J connectivity index is 1.84. The summed E-state index contributed by atoms with van der Waals surface area (Å²) in [6.07, 6.45) is 1.58. The number of hydrogen-bond donors (Lipinski definition) is 1. The molecule has 3 aromatic rings. The quantitative estimate of drug-likeness (QED) is 0.701. The van der Waals surface area contributed by atoms with Crippen LogP contribution in [0.15, 0.2) is 35.4 Å². The van der Waals surface area contributed by atoms with E-state index in [-0.39, 0.29) is 5.56 Å². The van der Waals surface area contributed by atoms with Gasteiger partial charge in [-0.3, -0.25) is 14.3 Å². The maximum atomic E-state index is 12.7. The Labute approximate surface area is 154 Å². The number of aromatic amines is 1. The van der Waals surface area contributed by atoms with E-state index in [0.29, 0.717) is 53.7 Å². The summed E-state index contributed by atoms with van der Waals surface area (Å²) in [5.41, 5.74) is 0.797. The number of nitrogens with one attached hydrogen (secondary N) is 1. The molecule has 8 nitrogen and oxygen atoms in total. The molecule has 1 N–H and O–H groups in total. The van der Waals surface area contributed by atoms with Crippen LogP contribution in [0.4, 0.5) is 5.95 Å². The summed E-state index contributed by atoms with van der Waals surface area (Å²) in [4.78, 5) is 26.3. The van der Waals surface area contributed by atoms with Crippen molar-refractivity contribution in [2.45, 2.75) is 0 Å². The molecule has 3 heterocycles. The standard InChI is InChI=1S/C17H17N5O3S/c1-24-12-4-2-3-11(9-12)22-10-18-14-13(16(22)26)15(23)20-17(19-14)21-5-7-25-8-6-21/h2-4,9-10H,5-8H2,1H3,(H,19,20,23). The van der Waals surface area contributed by atoms with Crippen molar-refractivity contribution in [3.63, 3.8) is 0 Å². The van der Waals surface area contributed by atoms with Crippen LogP contribution in [0.3, 0.4) is 0 Å². The molecule has 0 spiro atoms. The second-order valence-electron chi connectivity index (χ2n) is 5.81. The minimum absolute atomic E-state index is 0.294. The van der Waals surface area contributed by atoms with E-state index in [1.807, 2.05) is 29.2 Å². The van der Waals surface area contributed by atoms with Gasteiger partial charge in [-0.25, -0.2) is 4.98 Å². The summed E-state index contributed by atoms with van der Waals surface area (Å²) < 4.78 is 12.6. The monoisotopic (exact) mass is 371 g/mol. The molecule has 26 heavy (non-hydrogen) atoms. The molecule has 0 saturated carbocycles. The van der Waals surface area contributed by atoms with Crippen molar-refractivity contribution in [2.75, 3.05) is 38.3 Å². The van der Waals surface area contributed by atoms with E-state index in [4.69, 9.17) is 21.7 Å². The summed E-state index contributed by atoms with van der Waals surface area (Å²) in [6, 6.07) is 7.39. The van der Waals surface area contributed by atoms with Gasteiger partial charge >= 0.3 is 0 Å². The van der Waals surface area contributed by atoms with E-state index in [1.165, 1.54) is 0 Å². The molecule has 1 aromatic carbocycles. The lowest BCUT2D eigenvalue weighted by molar-refractivity contribution is 0.122. The first kappa shape index (κ1) is 16.7. The highest BCUT2D eigenvalue weighted by molar-refractivity contribution is 7.71. The summed E-state index contributed by atoms with van der Waals surface area (Å²) in [5.74, 6) is 1.19. The van der Waals surface area contributed by atoms with Crippen LogP contribution in [0.2, 0.25) is 0 Å². The van der Waals surface area contributed by atoms with Gasteiger partial charge in [0, 0.05) is 19.2 Å². The molecule has 1 aliphatic heterocycles. The Morgan fingerprint density at radius 1 is 1.31 bits per heavy atom. The summed E-state index contributed by atoms with van der Waals surface area (Å²) in [6.45, 7) is 2.55. The first-order chi connectivity index (χ1) is 12.7. The Hall–Kier alpha value is -2.78. The van der Waals surface area contributed by atoms with Crippen LogP contribution in [-0.4, -0.2) is 52.9 Å². The van der Waals surface area contributed by atoms with E-state index < -0.39 is 0 Å². The molecule has 0 radical (unpaired) electrons. The first-order valence-electron chi connectivity index (χ1n) is 8.16. The van der Waals surface area contributed by atoms with Crippen LogP contribution in [0.1, 0.15) is 0 Å². The third kappa shape index (κ3) is 2.95.